The number of rotatable bonds is 2. The maximum atomic E-state index is 14.9. The van der Waals surface area contributed by atoms with Crippen molar-refractivity contribution in [3.8, 4) is 22.4 Å². The molecule has 6 rings (SSSR count). The fourth-order valence-electron chi connectivity index (χ4n) is 4.22. The first kappa shape index (κ1) is 17.7. The zero-order valence-electron chi connectivity index (χ0n) is 16.9. The zero-order chi connectivity index (χ0) is 21.1. The molecule has 0 spiro atoms. The second-order valence-corrected chi connectivity index (χ2v) is 7.66. The molecule has 0 bridgehead atoms. The first-order chi connectivity index (χ1) is 15.1. The largest absolute Gasteiger partial charge is 0.342 e. The Morgan fingerprint density at radius 3 is 2.35 bits per heavy atom. The smallest absolute Gasteiger partial charge is 0.133 e. The minimum absolute atomic E-state index is 0.295. The van der Waals surface area contributed by atoms with Crippen molar-refractivity contribution in [2.75, 3.05) is 0 Å². The Hall–Kier alpha value is -4.13. The van der Waals surface area contributed by atoms with Gasteiger partial charge in [0.2, 0.25) is 0 Å². The summed E-state index contributed by atoms with van der Waals surface area (Å²) in [6, 6.07) is 11.4. The number of imidazole rings is 2. The maximum absolute atomic E-state index is 14.9. The summed E-state index contributed by atoms with van der Waals surface area (Å²) in [6.45, 7) is 3.73. The quantitative estimate of drug-likeness (QED) is 0.372. The molecule has 0 fully saturated rings. The molecule has 0 aliphatic heterocycles. The van der Waals surface area contributed by atoms with Gasteiger partial charge in [-0.1, -0.05) is 18.2 Å². The van der Waals surface area contributed by atoms with E-state index < -0.39 is 0 Å². The van der Waals surface area contributed by atoms with Gasteiger partial charge < -0.3 is 4.98 Å². The number of hydrogen-bond donors (Lipinski definition) is 2. The second-order valence-electron chi connectivity index (χ2n) is 7.66. The van der Waals surface area contributed by atoms with E-state index in [0.29, 0.717) is 11.3 Å². The van der Waals surface area contributed by atoms with Gasteiger partial charge in [0.15, 0.2) is 0 Å². The van der Waals surface area contributed by atoms with Crippen LogP contribution in [0.1, 0.15) is 11.6 Å². The van der Waals surface area contributed by atoms with Crippen LogP contribution in [0.25, 0.3) is 55.0 Å². The molecule has 0 aliphatic rings. The first-order valence-corrected chi connectivity index (χ1v) is 9.93. The number of H-pyrrole nitrogens is 2. The molecule has 150 valence electrons. The summed E-state index contributed by atoms with van der Waals surface area (Å²) in [7, 11) is 0. The molecule has 3 aromatic heterocycles. The van der Waals surface area contributed by atoms with E-state index in [1.165, 1.54) is 0 Å². The van der Waals surface area contributed by atoms with E-state index >= 15 is 0 Å². The lowest BCUT2D eigenvalue weighted by atomic mass is 9.96. The Balaban J connectivity index is 1.57. The molecule has 6 aromatic rings. The minimum Gasteiger partial charge on any atom is -0.342 e. The predicted molar refractivity (Wildman–Crippen MR) is 119 cm³/mol. The molecule has 3 aromatic carbocycles. The molecule has 0 atom stereocenters. The summed E-state index contributed by atoms with van der Waals surface area (Å²) in [5.41, 5.74) is 4.60. The molecule has 6 nitrogen and oxygen atoms in total. The third-order valence-corrected chi connectivity index (χ3v) is 5.65. The molecule has 0 radical (unpaired) electrons. The fraction of sp³-hybridized carbons (Fsp3) is 0.0833. The van der Waals surface area contributed by atoms with Crippen LogP contribution >= 0.6 is 0 Å². The monoisotopic (exact) mass is 408 g/mol. The van der Waals surface area contributed by atoms with E-state index in [1.54, 1.807) is 24.5 Å². The third kappa shape index (κ3) is 2.70. The van der Waals surface area contributed by atoms with Crippen molar-refractivity contribution >= 4 is 32.6 Å². The number of nitrogens with zero attached hydrogens (tertiary/aromatic N) is 4. The van der Waals surface area contributed by atoms with Gasteiger partial charge in [-0.3, -0.25) is 5.10 Å². The number of halogens is 1. The average Bonchev–Trinajstić information content (AvgIpc) is 3.39. The van der Waals surface area contributed by atoms with Crippen LogP contribution in [0.2, 0.25) is 0 Å². The van der Waals surface area contributed by atoms with Crippen LogP contribution in [-0.4, -0.2) is 30.1 Å². The van der Waals surface area contributed by atoms with Crippen LogP contribution in [0.3, 0.4) is 0 Å². The average molecular weight is 408 g/mol. The summed E-state index contributed by atoms with van der Waals surface area (Å²) in [4.78, 5) is 16.5. The van der Waals surface area contributed by atoms with Crippen molar-refractivity contribution in [3.05, 3.63) is 72.5 Å². The van der Waals surface area contributed by atoms with E-state index in [0.717, 1.165) is 55.4 Å². The topological polar surface area (TPSA) is 83.1 Å². The summed E-state index contributed by atoms with van der Waals surface area (Å²) >= 11 is 0. The summed E-state index contributed by atoms with van der Waals surface area (Å²) in [6.07, 6.45) is 5.29. The molecular formula is C24H17FN6. The predicted octanol–water partition coefficient (Wildman–Crippen LogP) is 5.47. The van der Waals surface area contributed by atoms with E-state index in [1.807, 2.05) is 38.2 Å². The number of benzene rings is 3. The number of hydrogen-bond acceptors (Lipinski definition) is 4. The Kier molecular flexibility index (Phi) is 3.67. The minimum atomic E-state index is -0.295. The van der Waals surface area contributed by atoms with E-state index in [-0.39, 0.29) is 5.82 Å². The van der Waals surface area contributed by atoms with Crippen molar-refractivity contribution in [2.24, 2.45) is 0 Å². The highest BCUT2D eigenvalue weighted by Crippen LogP contribution is 2.36. The molecule has 31 heavy (non-hydrogen) atoms. The van der Waals surface area contributed by atoms with Crippen LogP contribution in [-0.2, 0) is 0 Å². The van der Waals surface area contributed by atoms with Crippen LogP contribution in [0.5, 0.6) is 0 Å². The number of fused-ring (bicyclic) bond motifs is 6. The van der Waals surface area contributed by atoms with Gasteiger partial charge in [-0.15, -0.1) is 0 Å². The zero-order valence-corrected chi connectivity index (χ0v) is 16.9. The first-order valence-electron chi connectivity index (χ1n) is 9.93. The van der Waals surface area contributed by atoms with Gasteiger partial charge in [-0.2, -0.15) is 5.10 Å². The highest BCUT2D eigenvalue weighted by atomic mass is 19.1. The van der Waals surface area contributed by atoms with Crippen LogP contribution in [0.4, 0.5) is 4.39 Å². The van der Waals surface area contributed by atoms with Crippen molar-refractivity contribution in [3.63, 3.8) is 0 Å². The highest BCUT2D eigenvalue weighted by molar-refractivity contribution is 6.23. The van der Waals surface area contributed by atoms with Gasteiger partial charge in [0.25, 0.3) is 0 Å². The Morgan fingerprint density at radius 1 is 0.806 bits per heavy atom. The Morgan fingerprint density at radius 2 is 1.58 bits per heavy atom. The lowest BCUT2D eigenvalue weighted by molar-refractivity contribution is 0.631. The van der Waals surface area contributed by atoms with Gasteiger partial charge in [-0.25, -0.2) is 19.3 Å². The second kappa shape index (κ2) is 6.43. The molecule has 0 unspecified atom stereocenters. The van der Waals surface area contributed by atoms with Crippen molar-refractivity contribution in [2.45, 2.75) is 13.8 Å². The highest BCUT2D eigenvalue weighted by Gasteiger charge is 2.15. The molecule has 0 amide bonds. The molecule has 0 aliphatic carbocycles. The Bertz CT molecular complexity index is 1630. The molecule has 0 saturated heterocycles. The van der Waals surface area contributed by atoms with Crippen LogP contribution in [0, 0.1) is 19.7 Å². The lowest BCUT2D eigenvalue weighted by Gasteiger charge is -2.09. The number of nitrogens with one attached hydrogen (secondary N) is 2. The van der Waals surface area contributed by atoms with Gasteiger partial charge >= 0.3 is 0 Å². The number of aromatic amines is 2. The molecule has 2 N–H and O–H groups in total. The lowest BCUT2D eigenvalue weighted by Crippen LogP contribution is -1.89. The summed E-state index contributed by atoms with van der Waals surface area (Å²) in [5.74, 6) is 1.19. The molecular weight excluding hydrogens is 391 g/mol. The van der Waals surface area contributed by atoms with Crippen molar-refractivity contribution < 1.29 is 4.39 Å². The van der Waals surface area contributed by atoms with Gasteiger partial charge in [-0.05, 0) is 48.6 Å². The van der Waals surface area contributed by atoms with E-state index in [9.17, 15) is 4.39 Å². The maximum Gasteiger partial charge on any atom is 0.133 e. The van der Waals surface area contributed by atoms with Crippen LogP contribution < -0.4 is 0 Å². The Labute approximate surface area is 176 Å². The molecule has 3 heterocycles. The van der Waals surface area contributed by atoms with Crippen molar-refractivity contribution in [1.29, 1.82) is 0 Å². The van der Waals surface area contributed by atoms with E-state index in [4.69, 9.17) is 0 Å². The number of aromatic nitrogens is 6. The molecule has 0 saturated carbocycles. The standard InChI is InChI=1S/C24H17FN6/c1-12-26-11-22(29-12)17-6-4-15(8-21(17)25)14-3-5-16-18(7-14)19-9-27-28-10-20(19)24-23(16)30-13(2)31-24/h3-11,27H,1-2H3,(H,26,29). The summed E-state index contributed by atoms with van der Waals surface area (Å²) < 4.78 is 14.9. The van der Waals surface area contributed by atoms with Gasteiger partial charge in [0.1, 0.15) is 23.0 Å². The van der Waals surface area contributed by atoms with Gasteiger partial charge in [0, 0.05) is 27.9 Å². The van der Waals surface area contributed by atoms with Gasteiger partial charge in [0.05, 0.1) is 23.6 Å². The van der Waals surface area contributed by atoms with E-state index in [2.05, 4.69) is 36.2 Å². The summed E-state index contributed by atoms with van der Waals surface area (Å²) in [5, 5.41) is 11.1. The third-order valence-electron chi connectivity index (χ3n) is 5.65. The van der Waals surface area contributed by atoms with Crippen LogP contribution in [0.15, 0.2) is 55.0 Å². The number of aryl methyl sites for hydroxylation is 2. The SMILES string of the molecule is Cc1nc2c3ccc(-c4ccc(-c5cnc(C)[nH]5)c(F)c4)cc3c3c[nH]ncc3c2n1. The normalized spacial score (nSPS) is 11.7. The fourth-order valence-corrected chi connectivity index (χ4v) is 4.22. The van der Waals surface area contributed by atoms with Crippen molar-refractivity contribution in [1.82, 2.24) is 30.1 Å². The molecule has 7 heteroatoms.